The quantitative estimate of drug-likeness (QED) is 0.411. The minimum atomic E-state index is 0.590. The zero-order chi connectivity index (χ0) is 16.5. The van der Waals surface area contributed by atoms with Crippen molar-refractivity contribution in [2.45, 2.75) is 19.4 Å². The van der Waals surface area contributed by atoms with Gasteiger partial charge < -0.3 is 19.7 Å². The van der Waals surface area contributed by atoms with Crippen LogP contribution < -0.4 is 5.32 Å². The van der Waals surface area contributed by atoms with Gasteiger partial charge >= 0.3 is 0 Å². The highest BCUT2D eigenvalue weighted by Gasteiger charge is 2.15. The number of ether oxygens (including phenoxy) is 2. The summed E-state index contributed by atoms with van der Waals surface area (Å²) in [5.41, 5.74) is 0. The first-order valence-corrected chi connectivity index (χ1v) is 9.61. The van der Waals surface area contributed by atoms with E-state index in [1.807, 2.05) is 7.05 Å². The Bertz CT molecular complexity index is 489. The summed E-state index contributed by atoms with van der Waals surface area (Å²) in [7, 11) is 3.87. The Balaban J connectivity index is 1.58. The predicted molar refractivity (Wildman–Crippen MR) is 99.2 cm³/mol. The molecular formula is C16H26BrN3O2S. The van der Waals surface area contributed by atoms with Crippen LogP contribution >= 0.6 is 27.3 Å². The summed E-state index contributed by atoms with van der Waals surface area (Å²) in [6.07, 6.45) is 2.11. The minimum absolute atomic E-state index is 0.590. The van der Waals surface area contributed by atoms with E-state index in [9.17, 15) is 0 Å². The van der Waals surface area contributed by atoms with Gasteiger partial charge in [-0.3, -0.25) is 4.99 Å². The molecule has 0 bridgehead atoms. The molecule has 0 amide bonds. The van der Waals surface area contributed by atoms with E-state index in [0.717, 1.165) is 62.1 Å². The number of hydrogen-bond donors (Lipinski definition) is 1. The van der Waals surface area contributed by atoms with Crippen LogP contribution in [0.15, 0.2) is 20.9 Å². The van der Waals surface area contributed by atoms with E-state index < -0.39 is 0 Å². The van der Waals surface area contributed by atoms with Gasteiger partial charge in [0.25, 0.3) is 0 Å². The molecule has 1 saturated heterocycles. The molecule has 2 heterocycles. The Kier molecular flexibility index (Phi) is 8.36. The van der Waals surface area contributed by atoms with Crippen LogP contribution in [0.3, 0.4) is 0 Å². The lowest BCUT2D eigenvalue weighted by molar-refractivity contribution is 0.0887. The van der Waals surface area contributed by atoms with Crippen molar-refractivity contribution < 1.29 is 9.47 Å². The van der Waals surface area contributed by atoms with E-state index in [4.69, 9.17) is 9.47 Å². The monoisotopic (exact) mass is 403 g/mol. The fourth-order valence-electron chi connectivity index (χ4n) is 2.47. The number of guanidine groups is 1. The van der Waals surface area contributed by atoms with Gasteiger partial charge in [0.15, 0.2) is 5.96 Å². The summed E-state index contributed by atoms with van der Waals surface area (Å²) >= 11 is 5.25. The van der Waals surface area contributed by atoms with Gasteiger partial charge in [-0.2, -0.15) is 0 Å². The van der Waals surface area contributed by atoms with Crippen LogP contribution in [0.4, 0.5) is 0 Å². The van der Waals surface area contributed by atoms with E-state index >= 15 is 0 Å². The van der Waals surface area contributed by atoms with Gasteiger partial charge in [-0.1, -0.05) is 0 Å². The lowest BCUT2D eigenvalue weighted by Gasteiger charge is -2.21. The molecule has 1 N–H and O–H groups in total. The van der Waals surface area contributed by atoms with Gasteiger partial charge in [-0.25, -0.2) is 0 Å². The molecule has 23 heavy (non-hydrogen) atoms. The molecule has 1 atom stereocenters. The van der Waals surface area contributed by atoms with Crippen molar-refractivity contribution in [3.63, 3.8) is 0 Å². The molecule has 0 aliphatic carbocycles. The molecule has 130 valence electrons. The molecule has 5 nitrogen and oxygen atoms in total. The second-order valence-electron chi connectivity index (χ2n) is 5.69. The SMILES string of the molecule is CN=C(NCCCOCC1CCOC1)N(C)Cc1ccc(Br)s1. The Morgan fingerprint density at radius 1 is 1.57 bits per heavy atom. The zero-order valence-electron chi connectivity index (χ0n) is 13.9. The molecule has 1 unspecified atom stereocenters. The van der Waals surface area contributed by atoms with Crippen LogP contribution in [-0.4, -0.2) is 57.9 Å². The molecule has 1 aromatic rings. The van der Waals surface area contributed by atoms with Crippen LogP contribution in [0.25, 0.3) is 0 Å². The van der Waals surface area contributed by atoms with Gasteiger partial charge in [-0.05, 0) is 40.9 Å². The summed E-state index contributed by atoms with van der Waals surface area (Å²) in [6, 6.07) is 4.22. The molecule has 1 aliphatic rings. The minimum Gasteiger partial charge on any atom is -0.381 e. The molecule has 1 aliphatic heterocycles. The van der Waals surface area contributed by atoms with Crippen LogP contribution in [0.5, 0.6) is 0 Å². The van der Waals surface area contributed by atoms with Crippen molar-refractivity contribution >= 4 is 33.2 Å². The summed E-state index contributed by atoms with van der Waals surface area (Å²) in [4.78, 5) is 7.78. The number of thiophene rings is 1. The van der Waals surface area contributed by atoms with Crippen molar-refractivity contribution in [2.75, 3.05) is 47.1 Å². The number of nitrogens with zero attached hydrogens (tertiary/aromatic N) is 2. The third-order valence-electron chi connectivity index (χ3n) is 3.72. The molecule has 7 heteroatoms. The lowest BCUT2D eigenvalue weighted by Crippen LogP contribution is -2.39. The second-order valence-corrected chi connectivity index (χ2v) is 8.24. The smallest absolute Gasteiger partial charge is 0.193 e. The molecule has 2 rings (SSSR count). The van der Waals surface area contributed by atoms with Crippen molar-refractivity contribution in [3.05, 3.63) is 20.8 Å². The summed E-state index contributed by atoms with van der Waals surface area (Å²) in [5.74, 6) is 1.51. The van der Waals surface area contributed by atoms with Crippen LogP contribution in [-0.2, 0) is 16.0 Å². The summed E-state index contributed by atoms with van der Waals surface area (Å²) in [6.45, 7) is 5.07. The first-order chi connectivity index (χ1) is 11.2. The van der Waals surface area contributed by atoms with E-state index in [-0.39, 0.29) is 0 Å². The van der Waals surface area contributed by atoms with Crippen LogP contribution in [0, 0.1) is 5.92 Å². The van der Waals surface area contributed by atoms with E-state index in [0.29, 0.717) is 5.92 Å². The van der Waals surface area contributed by atoms with Crippen molar-refractivity contribution in [2.24, 2.45) is 10.9 Å². The fourth-order valence-corrected chi connectivity index (χ4v) is 4.01. The maximum atomic E-state index is 5.71. The van der Waals surface area contributed by atoms with Gasteiger partial charge in [0.05, 0.1) is 23.5 Å². The van der Waals surface area contributed by atoms with Crippen molar-refractivity contribution in [3.8, 4) is 0 Å². The van der Waals surface area contributed by atoms with Crippen molar-refractivity contribution in [1.29, 1.82) is 0 Å². The molecule has 0 aromatic carbocycles. The molecule has 0 saturated carbocycles. The fraction of sp³-hybridized carbons (Fsp3) is 0.688. The standard InChI is InChI=1S/C16H26BrN3O2S/c1-18-16(20(2)10-14-4-5-15(17)23-14)19-7-3-8-21-11-13-6-9-22-12-13/h4-5,13H,3,6-12H2,1-2H3,(H,18,19). The average Bonchev–Trinajstić information content (AvgIpc) is 3.18. The summed E-state index contributed by atoms with van der Waals surface area (Å²) < 4.78 is 12.2. The summed E-state index contributed by atoms with van der Waals surface area (Å²) in [5, 5.41) is 3.39. The van der Waals surface area contributed by atoms with Gasteiger partial charge in [0.1, 0.15) is 0 Å². The van der Waals surface area contributed by atoms with Gasteiger partial charge in [-0.15, -0.1) is 11.3 Å². The Morgan fingerprint density at radius 3 is 3.09 bits per heavy atom. The maximum absolute atomic E-state index is 5.71. The van der Waals surface area contributed by atoms with Crippen LogP contribution in [0.1, 0.15) is 17.7 Å². The van der Waals surface area contributed by atoms with Crippen LogP contribution in [0.2, 0.25) is 0 Å². The number of rotatable bonds is 8. The molecular weight excluding hydrogens is 378 g/mol. The first kappa shape index (κ1) is 18.7. The Hall–Kier alpha value is -0.630. The third-order valence-corrected chi connectivity index (χ3v) is 5.33. The topological polar surface area (TPSA) is 46.1 Å². The normalized spacial score (nSPS) is 18.4. The molecule has 1 fully saturated rings. The highest BCUT2D eigenvalue weighted by atomic mass is 79.9. The highest BCUT2D eigenvalue weighted by Crippen LogP contribution is 2.22. The second kappa shape index (κ2) is 10.3. The van der Waals surface area contributed by atoms with E-state index in [1.165, 1.54) is 4.88 Å². The zero-order valence-corrected chi connectivity index (χ0v) is 16.3. The average molecular weight is 404 g/mol. The Labute approximate surface area is 151 Å². The van der Waals surface area contributed by atoms with Gasteiger partial charge in [0.2, 0.25) is 0 Å². The number of hydrogen-bond acceptors (Lipinski definition) is 4. The number of halogens is 1. The third kappa shape index (κ3) is 6.79. The number of nitrogens with one attached hydrogen (secondary N) is 1. The molecule has 1 aromatic heterocycles. The highest BCUT2D eigenvalue weighted by molar-refractivity contribution is 9.11. The van der Waals surface area contributed by atoms with Crippen molar-refractivity contribution in [1.82, 2.24) is 10.2 Å². The largest absolute Gasteiger partial charge is 0.381 e. The van der Waals surface area contributed by atoms with E-state index in [2.05, 4.69) is 50.3 Å². The predicted octanol–water partition coefficient (Wildman–Crippen LogP) is 2.96. The first-order valence-electron chi connectivity index (χ1n) is 8.00. The number of aliphatic imine (C=N–C) groups is 1. The maximum Gasteiger partial charge on any atom is 0.193 e. The molecule has 0 radical (unpaired) electrons. The van der Waals surface area contributed by atoms with Gasteiger partial charge in [0, 0.05) is 44.6 Å². The molecule has 0 spiro atoms. The Morgan fingerprint density at radius 2 is 2.43 bits per heavy atom. The van der Waals surface area contributed by atoms with E-state index in [1.54, 1.807) is 11.3 Å². The lowest BCUT2D eigenvalue weighted by atomic mass is 10.1.